The molecule has 116 valence electrons. The normalized spacial score (nSPS) is 15.6. The number of anilines is 1. The Morgan fingerprint density at radius 2 is 1.86 bits per heavy atom. The SMILES string of the molecule is Cc1cccc(-n2nc(C(=O)O)c(N3CCCCCC3)n2)c1. The zero-order valence-electron chi connectivity index (χ0n) is 12.7. The number of nitrogens with zero attached hydrogens (tertiary/aromatic N) is 4. The number of carbonyl (C=O) groups is 1. The summed E-state index contributed by atoms with van der Waals surface area (Å²) in [6, 6.07) is 7.73. The fourth-order valence-electron chi connectivity index (χ4n) is 2.80. The minimum absolute atomic E-state index is 0.0309. The van der Waals surface area contributed by atoms with Crippen LogP contribution in [0.2, 0.25) is 0 Å². The summed E-state index contributed by atoms with van der Waals surface area (Å²) in [6.45, 7) is 3.67. The van der Waals surface area contributed by atoms with E-state index < -0.39 is 5.97 Å². The number of rotatable bonds is 3. The Kier molecular flexibility index (Phi) is 4.09. The summed E-state index contributed by atoms with van der Waals surface area (Å²) < 4.78 is 0. The number of carboxylic acids is 1. The molecule has 22 heavy (non-hydrogen) atoms. The molecule has 2 heterocycles. The molecule has 1 aliphatic rings. The molecule has 0 atom stereocenters. The fraction of sp³-hybridized carbons (Fsp3) is 0.438. The number of benzene rings is 1. The molecule has 0 unspecified atom stereocenters. The molecule has 2 aromatic rings. The summed E-state index contributed by atoms with van der Waals surface area (Å²) in [4.78, 5) is 15.0. The van der Waals surface area contributed by atoms with Gasteiger partial charge in [-0.05, 0) is 37.5 Å². The van der Waals surface area contributed by atoms with Crippen molar-refractivity contribution in [1.82, 2.24) is 15.0 Å². The Labute approximate surface area is 129 Å². The molecule has 0 bridgehead atoms. The number of carboxylic acid groups (broad SMARTS) is 1. The van der Waals surface area contributed by atoms with Gasteiger partial charge in [0.1, 0.15) is 0 Å². The van der Waals surface area contributed by atoms with Crippen LogP contribution in [0.15, 0.2) is 24.3 Å². The van der Waals surface area contributed by atoms with Crippen molar-refractivity contribution in [2.24, 2.45) is 0 Å². The molecule has 1 aliphatic heterocycles. The van der Waals surface area contributed by atoms with Crippen LogP contribution in [0, 0.1) is 6.92 Å². The fourth-order valence-corrected chi connectivity index (χ4v) is 2.80. The molecule has 1 aromatic heterocycles. The van der Waals surface area contributed by atoms with E-state index in [-0.39, 0.29) is 5.69 Å². The standard InChI is InChI=1S/C16H20N4O2/c1-12-7-6-8-13(11-12)20-17-14(16(21)22)15(18-20)19-9-4-2-3-5-10-19/h6-8,11H,2-5,9-10H2,1H3,(H,21,22). The molecule has 0 saturated carbocycles. The van der Waals surface area contributed by atoms with Gasteiger partial charge in [0.15, 0.2) is 5.82 Å². The van der Waals surface area contributed by atoms with Crippen LogP contribution in [0.25, 0.3) is 5.69 Å². The lowest BCUT2D eigenvalue weighted by Crippen LogP contribution is -2.26. The van der Waals surface area contributed by atoms with Crippen molar-refractivity contribution >= 4 is 11.8 Å². The third kappa shape index (κ3) is 2.95. The average Bonchev–Trinajstić information content (AvgIpc) is 2.77. The van der Waals surface area contributed by atoms with E-state index in [0.717, 1.165) is 37.2 Å². The summed E-state index contributed by atoms with van der Waals surface area (Å²) >= 11 is 0. The van der Waals surface area contributed by atoms with E-state index in [0.29, 0.717) is 5.82 Å². The molecular weight excluding hydrogens is 280 g/mol. The number of hydrogen-bond donors (Lipinski definition) is 1. The van der Waals surface area contributed by atoms with E-state index in [1.54, 1.807) is 0 Å². The van der Waals surface area contributed by atoms with Gasteiger partial charge in [-0.3, -0.25) is 0 Å². The monoisotopic (exact) mass is 300 g/mol. The molecule has 0 radical (unpaired) electrons. The van der Waals surface area contributed by atoms with E-state index in [1.807, 2.05) is 31.2 Å². The van der Waals surface area contributed by atoms with Crippen molar-refractivity contribution in [2.45, 2.75) is 32.6 Å². The largest absolute Gasteiger partial charge is 0.476 e. The van der Waals surface area contributed by atoms with Gasteiger partial charge in [-0.2, -0.15) is 0 Å². The molecule has 1 N–H and O–H groups in total. The molecule has 1 aromatic carbocycles. The maximum Gasteiger partial charge on any atom is 0.360 e. The first-order chi connectivity index (χ1) is 10.6. The van der Waals surface area contributed by atoms with Gasteiger partial charge in [0.2, 0.25) is 5.69 Å². The van der Waals surface area contributed by atoms with Crippen molar-refractivity contribution in [3.8, 4) is 5.69 Å². The molecular formula is C16H20N4O2. The maximum atomic E-state index is 11.5. The first kappa shape index (κ1) is 14.6. The van der Waals surface area contributed by atoms with Crippen molar-refractivity contribution in [1.29, 1.82) is 0 Å². The van der Waals surface area contributed by atoms with Gasteiger partial charge < -0.3 is 10.0 Å². The average molecular weight is 300 g/mol. The lowest BCUT2D eigenvalue weighted by molar-refractivity contribution is 0.0690. The van der Waals surface area contributed by atoms with Crippen molar-refractivity contribution in [3.05, 3.63) is 35.5 Å². The van der Waals surface area contributed by atoms with E-state index in [4.69, 9.17) is 0 Å². The highest BCUT2D eigenvalue weighted by Crippen LogP contribution is 2.22. The third-order valence-corrected chi connectivity index (χ3v) is 3.94. The van der Waals surface area contributed by atoms with E-state index in [2.05, 4.69) is 15.1 Å². The highest BCUT2D eigenvalue weighted by molar-refractivity contribution is 5.91. The van der Waals surface area contributed by atoms with Crippen LogP contribution in [-0.4, -0.2) is 39.2 Å². The first-order valence-electron chi connectivity index (χ1n) is 7.68. The zero-order chi connectivity index (χ0) is 15.5. The number of aryl methyl sites for hydroxylation is 1. The Hall–Kier alpha value is -2.37. The highest BCUT2D eigenvalue weighted by atomic mass is 16.4. The Morgan fingerprint density at radius 1 is 1.14 bits per heavy atom. The summed E-state index contributed by atoms with van der Waals surface area (Å²) in [5.41, 5.74) is 1.90. The summed E-state index contributed by atoms with van der Waals surface area (Å²) in [7, 11) is 0. The van der Waals surface area contributed by atoms with Crippen LogP contribution in [0.3, 0.4) is 0 Å². The number of hydrogen-bond acceptors (Lipinski definition) is 4. The minimum Gasteiger partial charge on any atom is -0.476 e. The maximum absolute atomic E-state index is 11.5. The van der Waals surface area contributed by atoms with Crippen molar-refractivity contribution in [3.63, 3.8) is 0 Å². The summed E-state index contributed by atoms with van der Waals surface area (Å²) in [5.74, 6) is -0.547. The van der Waals surface area contributed by atoms with Gasteiger partial charge in [0.05, 0.1) is 5.69 Å². The number of aromatic carboxylic acids is 1. The van der Waals surface area contributed by atoms with Gasteiger partial charge >= 0.3 is 5.97 Å². The molecule has 0 amide bonds. The van der Waals surface area contributed by atoms with Gasteiger partial charge in [0.25, 0.3) is 0 Å². The quantitative estimate of drug-likeness (QED) is 0.943. The molecule has 1 fully saturated rings. The van der Waals surface area contributed by atoms with Gasteiger partial charge in [-0.15, -0.1) is 15.0 Å². The van der Waals surface area contributed by atoms with Crippen LogP contribution >= 0.6 is 0 Å². The Morgan fingerprint density at radius 3 is 2.50 bits per heavy atom. The van der Waals surface area contributed by atoms with Gasteiger partial charge in [-0.25, -0.2) is 4.79 Å². The minimum atomic E-state index is -1.03. The van der Waals surface area contributed by atoms with Gasteiger partial charge in [0, 0.05) is 13.1 Å². The molecule has 0 spiro atoms. The van der Waals surface area contributed by atoms with Gasteiger partial charge in [-0.1, -0.05) is 25.0 Å². The highest BCUT2D eigenvalue weighted by Gasteiger charge is 2.24. The first-order valence-corrected chi connectivity index (χ1v) is 7.68. The predicted molar refractivity (Wildman–Crippen MR) is 83.7 cm³/mol. The summed E-state index contributed by atoms with van der Waals surface area (Å²) in [6.07, 6.45) is 4.50. The molecule has 3 rings (SSSR count). The van der Waals surface area contributed by atoms with E-state index in [1.165, 1.54) is 17.6 Å². The van der Waals surface area contributed by atoms with Crippen molar-refractivity contribution in [2.75, 3.05) is 18.0 Å². The second-order valence-electron chi connectivity index (χ2n) is 5.71. The topological polar surface area (TPSA) is 71.2 Å². The Bertz CT molecular complexity index is 673. The molecule has 0 aliphatic carbocycles. The second kappa shape index (κ2) is 6.17. The lowest BCUT2D eigenvalue weighted by Gasteiger charge is -2.19. The number of aromatic nitrogens is 3. The van der Waals surface area contributed by atoms with E-state index >= 15 is 0 Å². The molecule has 6 heteroatoms. The zero-order valence-corrected chi connectivity index (χ0v) is 12.7. The van der Waals surface area contributed by atoms with Crippen molar-refractivity contribution < 1.29 is 9.90 Å². The second-order valence-corrected chi connectivity index (χ2v) is 5.71. The van der Waals surface area contributed by atoms with Crippen LogP contribution < -0.4 is 4.90 Å². The summed E-state index contributed by atoms with van der Waals surface area (Å²) in [5, 5.41) is 18.1. The van der Waals surface area contributed by atoms with Crippen LogP contribution in [0.1, 0.15) is 41.7 Å². The molecule has 1 saturated heterocycles. The molecule has 6 nitrogen and oxygen atoms in total. The van der Waals surface area contributed by atoms with Crippen LogP contribution in [-0.2, 0) is 0 Å². The van der Waals surface area contributed by atoms with Crippen LogP contribution in [0.5, 0.6) is 0 Å². The smallest absolute Gasteiger partial charge is 0.360 e. The third-order valence-electron chi connectivity index (χ3n) is 3.94. The van der Waals surface area contributed by atoms with Crippen LogP contribution in [0.4, 0.5) is 5.82 Å². The predicted octanol–water partition coefficient (Wildman–Crippen LogP) is 2.65. The Balaban J connectivity index is 2.00. The lowest BCUT2D eigenvalue weighted by atomic mass is 10.2. The van der Waals surface area contributed by atoms with E-state index in [9.17, 15) is 9.90 Å².